The van der Waals surface area contributed by atoms with Crippen LogP contribution in [0.25, 0.3) is 0 Å². The van der Waals surface area contributed by atoms with Gasteiger partial charge in [0.15, 0.2) is 0 Å². The fraction of sp³-hybridized carbons (Fsp3) is 0.467. The van der Waals surface area contributed by atoms with Gasteiger partial charge in [-0.15, -0.1) is 0 Å². The highest BCUT2D eigenvalue weighted by molar-refractivity contribution is 9.10. The predicted molar refractivity (Wildman–Crippen MR) is 78.6 cm³/mol. The summed E-state index contributed by atoms with van der Waals surface area (Å²) < 4.78 is 1.04. The second-order valence-corrected chi connectivity index (χ2v) is 6.76. The first-order valence-corrected chi connectivity index (χ1v) is 7.96. The predicted octanol–water partition coefficient (Wildman–Crippen LogP) is 1.83. The number of fused-ring (bicyclic) bond motifs is 2. The van der Waals surface area contributed by atoms with Crippen LogP contribution in [0.4, 0.5) is 4.79 Å². The third-order valence-corrected chi connectivity index (χ3v) is 5.49. The highest BCUT2D eigenvalue weighted by Gasteiger charge is 2.53. The summed E-state index contributed by atoms with van der Waals surface area (Å²) in [5, 5.41) is 9.65. The van der Waals surface area contributed by atoms with Gasteiger partial charge in [0, 0.05) is 17.4 Å². The smallest absolute Gasteiger partial charge is 0.328 e. The number of hydrogen-bond acceptors (Lipinski definition) is 3. The molecule has 0 radical (unpaired) electrons. The molecule has 0 saturated carbocycles. The average Bonchev–Trinajstić information content (AvgIpc) is 3.08. The van der Waals surface area contributed by atoms with Crippen molar-refractivity contribution in [3.05, 3.63) is 33.8 Å². The highest BCUT2D eigenvalue weighted by Crippen LogP contribution is 2.42. The highest BCUT2D eigenvalue weighted by atomic mass is 79.9. The van der Waals surface area contributed by atoms with Crippen molar-refractivity contribution in [1.29, 1.82) is 0 Å². The fourth-order valence-corrected chi connectivity index (χ4v) is 4.38. The van der Waals surface area contributed by atoms with Crippen molar-refractivity contribution in [2.45, 2.75) is 37.5 Å². The lowest BCUT2D eigenvalue weighted by Gasteiger charge is -2.24. The standard InChI is InChI=1S/C15H15BrN2O3/c16-11-3-1-2-10-9(11)4-5-12(10)18-14(20)13-6-8(19)7-17(13)15(18)21/h1-3,8,12-13,19H,4-7H2/t8-,12+,13+/m1/s1. The van der Waals surface area contributed by atoms with Crippen LogP contribution < -0.4 is 0 Å². The van der Waals surface area contributed by atoms with Crippen molar-refractivity contribution in [3.8, 4) is 0 Å². The molecule has 0 spiro atoms. The first kappa shape index (κ1) is 13.3. The van der Waals surface area contributed by atoms with Crippen LogP contribution >= 0.6 is 15.9 Å². The summed E-state index contributed by atoms with van der Waals surface area (Å²) in [4.78, 5) is 28.0. The van der Waals surface area contributed by atoms with E-state index in [9.17, 15) is 14.7 Å². The number of halogens is 1. The molecule has 0 aromatic heterocycles. The first-order chi connectivity index (χ1) is 10.1. The molecule has 2 aliphatic heterocycles. The van der Waals surface area contributed by atoms with E-state index in [4.69, 9.17) is 0 Å². The molecule has 3 atom stereocenters. The van der Waals surface area contributed by atoms with E-state index in [1.54, 1.807) is 0 Å². The van der Waals surface area contributed by atoms with E-state index in [2.05, 4.69) is 15.9 Å². The molecule has 2 heterocycles. The Balaban J connectivity index is 1.69. The van der Waals surface area contributed by atoms with Crippen molar-refractivity contribution in [3.63, 3.8) is 0 Å². The quantitative estimate of drug-likeness (QED) is 0.786. The van der Waals surface area contributed by atoms with Gasteiger partial charge in [0.05, 0.1) is 12.1 Å². The molecule has 1 aliphatic carbocycles. The van der Waals surface area contributed by atoms with Crippen molar-refractivity contribution in [2.75, 3.05) is 6.54 Å². The molecule has 2 saturated heterocycles. The number of nitrogens with zero attached hydrogens (tertiary/aromatic N) is 2. The number of rotatable bonds is 1. The van der Waals surface area contributed by atoms with Gasteiger partial charge in [0.2, 0.25) is 0 Å². The number of hydrogen-bond donors (Lipinski definition) is 1. The van der Waals surface area contributed by atoms with Gasteiger partial charge in [-0.2, -0.15) is 0 Å². The average molecular weight is 351 g/mol. The molecule has 0 unspecified atom stereocenters. The Bertz CT molecular complexity index is 624. The second-order valence-electron chi connectivity index (χ2n) is 5.91. The van der Waals surface area contributed by atoms with E-state index < -0.39 is 12.1 Å². The normalized spacial score (nSPS) is 31.0. The maximum atomic E-state index is 12.6. The zero-order chi connectivity index (χ0) is 14.7. The number of carbonyl (C=O) groups is 2. The molecule has 110 valence electrons. The molecule has 6 heteroatoms. The van der Waals surface area contributed by atoms with Crippen LogP contribution in [-0.4, -0.2) is 45.5 Å². The minimum atomic E-state index is -0.574. The van der Waals surface area contributed by atoms with E-state index in [0.29, 0.717) is 6.42 Å². The van der Waals surface area contributed by atoms with E-state index >= 15 is 0 Å². The van der Waals surface area contributed by atoms with Crippen LogP contribution in [0.1, 0.15) is 30.0 Å². The Morgan fingerprint density at radius 1 is 1.24 bits per heavy atom. The molecule has 5 nitrogen and oxygen atoms in total. The summed E-state index contributed by atoms with van der Waals surface area (Å²) in [7, 11) is 0. The Morgan fingerprint density at radius 3 is 2.81 bits per heavy atom. The molecule has 2 fully saturated rings. The summed E-state index contributed by atoms with van der Waals surface area (Å²) in [5.41, 5.74) is 2.25. The molecule has 1 aromatic rings. The number of carbonyl (C=O) groups excluding carboxylic acids is 2. The lowest BCUT2D eigenvalue weighted by Crippen LogP contribution is -2.37. The van der Waals surface area contributed by atoms with Gasteiger partial charge in [0.1, 0.15) is 6.04 Å². The van der Waals surface area contributed by atoms with Gasteiger partial charge >= 0.3 is 6.03 Å². The van der Waals surface area contributed by atoms with Gasteiger partial charge in [-0.1, -0.05) is 28.1 Å². The molecule has 1 aromatic carbocycles. The van der Waals surface area contributed by atoms with Crippen LogP contribution in [0.15, 0.2) is 22.7 Å². The van der Waals surface area contributed by atoms with E-state index in [-0.39, 0.29) is 24.5 Å². The van der Waals surface area contributed by atoms with Gasteiger partial charge in [0.25, 0.3) is 5.91 Å². The molecular weight excluding hydrogens is 336 g/mol. The van der Waals surface area contributed by atoms with Gasteiger partial charge in [-0.05, 0) is 30.0 Å². The number of benzene rings is 1. The third-order valence-electron chi connectivity index (χ3n) is 4.75. The summed E-state index contributed by atoms with van der Waals surface area (Å²) in [6.45, 7) is 0.268. The van der Waals surface area contributed by atoms with Crippen LogP contribution in [0, 0.1) is 0 Å². The molecule has 4 rings (SSSR count). The number of aliphatic hydroxyl groups excluding tert-OH is 1. The summed E-state index contributed by atoms with van der Waals surface area (Å²) in [6, 6.07) is 5.04. The minimum Gasteiger partial charge on any atom is -0.391 e. The van der Waals surface area contributed by atoms with E-state index in [1.165, 1.54) is 15.4 Å². The molecule has 3 aliphatic rings. The lowest BCUT2D eigenvalue weighted by atomic mass is 10.1. The van der Waals surface area contributed by atoms with Crippen molar-refractivity contribution >= 4 is 27.9 Å². The Morgan fingerprint density at radius 2 is 2.05 bits per heavy atom. The summed E-state index contributed by atoms with van der Waals surface area (Å²) in [5.74, 6) is -0.158. The van der Waals surface area contributed by atoms with Crippen LogP contribution in [0.3, 0.4) is 0 Å². The monoisotopic (exact) mass is 350 g/mol. The number of urea groups is 1. The van der Waals surface area contributed by atoms with Crippen LogP contribution in [-0.2, 0) is 11.2 Å². The van der Waals surface area contributed by atoms with Gasteiger partial charge < -0.3 is 10.0 Å². The van der Waals surface area contributed by atoms with Crippen LogP contribution in [0.5, 0.6) is 0 Å². The zero-order valence-corrected chi connectivity index (χ0v) is 12.9. The summed E-state index contributed by atoms with van der Waals surface area (Å²) in [6.07, 6.45) is 1.43. The molecule has 1 N–H and O–H groups in total. The third kappa shape index (κ3) is 1.78. The number of imide groups is 1. The largest absolute Gasteiger partial charge is 0.391 e. The zero-order valence-electron chi connectivity index (χ0n) is 11.3. The van der Waals surface area contributed by atoms with E-state index in [0.717, 1.165) is 22.9 Å². The van der Waals surface area contributed by atoms with Crippen LogP contribution in [0.2, 0.25) is 0 Å². The SMILES string of the molecule is O=C1[C@@H]2C[C@@H](O)CN2C(=O)N1[C@H]1CCc2c(Br)cccc21. The van der Waals surface area contributed by atoms with Crippen molar-refractivity contribution in [2.24, 2.45) is 0 Å². The Hall–Kier alpha value is -1.40. The summed E-state index contributed by atoms with van der Waals surface area (Å²) >= 11 is 3.54. The van der Waals surface area contributed by atoms with E-state index in [1.807, 2.05) is 18.2 Å². The Kier molecular flexibility index (Phi) is 2.87. The minimum absolute atomic E-state index is 0.158. The molecule has 0 bridgehead atoms. The van der Waals surface area contributed by atoms with Gasteiger partial charge in [-0.25, -0.2) is 4.79 Å². The lowest BCUT2D eigenvalue weighted by molar-refractivity contribution is -0.129. The van der Waals surface area contributed by atoms with Crippen molar-refractivity contribution < 1.29 is 14.7 Å². The second kappa shape index (κ2) is 4.55. The topological polar surface area (TPSA) is 60.9 Å². The maximum Gasteiger partial charge on any atom is 0.328 e. The molecule has 21 heavy (non-hydrogen) atoms. The fourth-order valence-electron chi connectivity index (χ4n) is 3.80. The molecule has 3 amide bonds. The number of aliphatic hydroxyl groups is 1. The van der Waals surface area contributed by atoms with Gasteiger partial charge in [-0.3, -0.25) is 9.69 Å². The maximum absolute atomic E-state index is 12.6. The van der Waals surface area contributed by atoms with Crippen molar-refractivity contribution in [1.82, 2.24) is 9.80 Å². The first-order valence-electron chi connectivity index (χ1n) is 7.17. The molecular formula is C15H15BrN2O3. The number of amides is 3. The Labute approximate surface area is 130 Å².